The minimum Gasteiger partial charge on any atom is -0.507 e. The Morgan fingerprint density at radius 1 is 1.12 bits per heavy atom. The number of phenolic OH excluding ortho intramolecular Hbond substituents is 2. The van der Waals surface area contributed by atoms with Crippen molar-refractivity contribution in [3.8, 4) is 22.8 Å². The van der Waals surface area contributed by atoms with Crippen molar-refractivity contribution in [2.24, 2.45) is 0 Å². The number of anilines is 1. The summed E-state index contributed by atoms with van der Waals surface area (Å²) in [5.74, 6) is -0.357. The number of aromatic nitrogens is 2. The Balaban J connectivity index is 1.73. The molecule has 2 N–H and O–H groups in total. The van der Waals surface area contributed by atoms with E-state index in [0.717, 1.165) is 34.9 Å². The molecule has 0 fully saturated rings. The van der Waals surface area contributed by atoms with Crippen LogP contribution in [0, 0.1) is 6.92 Å². The Morgan fingerprint density at radius 3 is 2.55 bits per heavy atom. The molecule has 2 aromatic heterocycles. The van der Waals surface area contributed by atoms with Gasteiger partial charge < -0.3 is 15.1 Å². The van der Waals surface area contributed by atoms with Crippen LogP contribution in [0.2, 0.25) is 5.02 Å². The maximum absolute atomic E-state index is 13.5. The number of thiophene rings is 1. The zero-order valence-electron chi connectivity index (χ0n) is 18.1. The summed E-state index contributed by atoms with van der Waals surface area (Å²) < 4.78 is 0. The second-order valence-electron chi connectivity index (χ2n) is 7.54. The van der Waals surface area contributed by atoms with Crippen LogP contribution in [-0.2, 0) is 13.0 Å². The van der Waals surface area contributed by atoms with Gasteiger partial charge in [0.1, 0.15) is 17.3 Å². The summed E-state index contributed by atoms with van der Waals surface area (Å²) in [6.07, 6.45) is 2.65. The molecule has 2 heterocycles. The van der Waals surface area contributed by atoms with Crippen molar-refractivity contribution in [2.45, 2.75) is 26.8 Å². The summed E-state index contributed by atoms with van der Waals surface area (Å²) >= 11 is 7.55. The van der Waals surface area contributed by atoms with Crippen LogP contribution in [-0.4, -0.2) is 26.1 Å². The largest absolute Gasteiger partial charge is 0.507 e. The molecule has 168 valence electrons. The van der Waals surface area contributed by atoms with Gasteiger partial charge in [-0.05, 0) is 59.5 Å². The number of carbonyl (C=O) groups is 1. The average Bonchev–Trinajstić information content (AvgIpc) is 3.33. The highest BCUT2D eigenvalue weighted by molar-refractivity contribution is 7.07. The van der Waals surface area contributed by atoms with E-state index in [1.54, 1.807) is 16.2 Å². The molecule has 0 unspecified atom stereocenters. The molecule has 1 amide bonds. The Bertz CT molecular complexity index is 1290. The van der Waals surface area contributed by atoms with Crippen LogP contribution in [0.3, 0.4) is 0 Å². The number of hydrogen-bond acceptors (Lipinski definition) is 6. The number of aryl methyl sites for hydroxylation is 2. The van der Waals surface area contributed by atoms with Crippen molar-refractivity contribution >= 4 is 34.5 Å². The highest BCUT2D eigenvalue weighted by Gasteiger charge is 2.23. The molecule has 4 rings (SSSR count). The van der Waals surface area contributed by atoms with Crippen molar-refractivity contribution in [1.82, 2.24) is 9.97 Å². The van der Waals surface area contributed by atoms with Gasteiger partial charge in [0.2, 0.25) is 0 Å². The van der Waals surface area contributed by atoms with Crippen LogP contribution >= 0.6 is 22.9 Å². The van der Waals surface area contributed by atoms with E-state index >= 15 is 0 Å². The molecule has 0 radical (unpaired) electrons. The van der Waals surface area contributed by atoms with Crippen LogP contribution in [0.1, 0.15) is 34.2 Å². The van der Waals surface area contributed by atoms with Crippen molar-refractivity contribution in [3.05, 3.63) is 87.0 Å². The van der Waals surface area contributed by atoms with Crippen molar-refractivity contribution in [3.63, 3.8) is 0 Å². The molecule has 0 saturated heterocycles. The Labute approximate surface area is 200 Å². The fourth-order valence-electron chi connectivity index (χ4n) is 3.52. The van der Waals surface area contributed by atoms with Crippen molar-refractivity contribution < 1.29 is 15.0 Å². The minimum absolute atomic E-state index is 0.00629. The smallest absolute Gasteiger partial charge is 0.262 e. The molecule has 0 aliphatic carbocycles. The normalized spacial score (nSPS) is 10.9. The highest BCUT2D eigenvalue weighted by Crippen LogP contribution is 2.33. The second kappa shape index (κ2) is 9.60. The van der Waals surface area contributed by atoms with Gasteiger partial charge in [0.15, 0.2) is 0 Å². The number of nitrogens with zero attached hydrogens (tertiary/aromatic N) is 3. The molecule has 4 aromatic rings. The monoisotopic (exact) mass is 479 g/mol. The van der Waals surface area contributed by atoms with E-state index in [1.165, 1.54) is 6.07 Å². The van der Waals surface area contributed by atoms with Gasteiger partial charge in [-0.1, -0.05) is 30.7 Å². The summed E-state index contributed by atoms with van der Waals surface area (Å²) in [5.41, 5.74) is 4.47. The number of aromatic hydroxyl groups is 2. The molecule has 6 nitrogen and oxygen atoms in total. The third kappa shape index (κ3) is 4.84. The van der Waals surface area contributed by atoms with E-state index in [-0.39, 0.29) is 22.1 Å². The summed E-state index contributed by atoms with van der Waals surface area (Å²) in [6.45, 7) is 4.22. The first-order valence-corrected chi connectivity index (χ1v) is 11.7. The molecule has 8 heteroatoms. The van der Waals surface area contributed by atoms with Gasteiger partial charge in [0, 0.05) is 23.5 Å². The van der Waals surface area contributed by atoms with Gasteiger partial charge in [0.25, 0.3) is 5.91 Å². The second-order valence-corrected chi connectivity index (χ2v) is 8.72. The molecule has 2 aromatic carbocycles. The van der Waals surface area contributed by atoms with Gasteiger partial charge in [-0.3, -0.25) is 4.79 Å². The first-order chi connectivity index (χ1) is 15.9. The predicted octanol–water partition coefficient (Wildman–Crippen LogP) is 5.99. The van der Waals surface area contributed by atoms with E-state index in [4.69, 9.17) is 11.6 Å². The number of carbonyl (C=O) groups excluding carboxylic acids is 1. The molecular weight excluding hydrogens is 458 g/mol. The number of halogens is 1. The SMILES string of the molecule is CCc1cnc(C)nc1-c1ccc(N(Cc2ccsc2)C(=O)c2cc(Cl)c(O)cc2O)cc1. The van der Waals surface area contributed by atoms with Gasteiger partial charge in [-0.2, -0.15) is 11.3 Å². The van der Waals surface area contributed by atoms with Gasteiger partial charge in [-0.15, -0.1) is 0 Å². The van der Waals surface area contributed by atoms with E-state index < -0.39 is 5.91 Å². The maximum atomic E-state index is 13.5. The van der Waals surface area contributed by atoms with E-state index in [9.17, 15) is 15.0 Å². The third-order valence-electron chi connectivity index (χ3n) is 5.28. The van der Waals surface area contributed by atoms with Crippen LogP contribution in [0.25, 0.3) is 11.3 Å². The molecule has 0 spiro atoms. The number of hydrogen-bond donors (Lipinski definition) is 2. The number of amides is 1. The van der Waals surface area contributed by atoms with E-state index in [0.29, 0.717) is 18.1 Å². The molecule has 0 bridgehead atoms. The third-order valence-corrected chi connectivity index (χ3v) is 6.31. The summed E-state index contributed by atoms with van der Waals surface area (Å²) in [7, 11) is 0. The van der Waals surface area contributed by atoms with Gasteiger partial charge in [-0.25, -0.2) is 9.97 Å². The molecule has 0 atom stereocenters. The molecule has 0 aliphatic heterocycles. The van der Waals surface area contributed by atoms with Crippen molar-refractivity contribution in [2.75, 3.05) is 4.90 Å². The quantitative estimate of drug-likeness (QED) is 0.355. The fraction of sp³-hybridized carbons (Fsp3) is 0.160. The zero-order valence-corrected chi connectivity index (χ0v) is 19.7. The van der Waals surface area contributed by atoms with Gasteiger partial charge >= 0.3 is 0 Å². The van der Waals surface area contributed by atoms with Crippen LogP contribution in [0.15, 0.2) is 59.4 Å². The maximum Gasteiger partial charge on any atom is 0.262 e. The number of benzene rings is 2. The number of rotatable bonds is 6. The summed E-state index contributed by atoms with van der Waals surface area (Å²) in [5, 5.41) is 24.0. The Hall–Kier alpha value is -3.42. The lowest BCUT2D eigenvalue weighted by Gasteiger charge is -2.23. The molecule has 0 saturated carbocycles. The van der Waals surface area contributed by atoms with Crippen LogP contribution < -0.4 is 4.90 Å². The highest BCUT2D eigenvalue weighted by atomic mass is 35.5. The predicted molar refractivity (Wildman–Crippen MR) is 131 cm³/mol. The van der Waals surface area contributed by atoms with E-state index in [2.05, 4.69) is 16.9 Å². The topological polar surface area (TPSA) is 86.6 Å². The Morgan fingerprint density at radius 2 is 1.88 bits per heavy atom. The molecule has 33 heavy (non-hydrogen) atoms. The lowest BCUT2D eigenvalue weighted by atomic mass is 10.0. The molecule has 0 aliphatic rings. The van der Waals surface area contributed by atoms with E-state index in [1.807, 2.05) is 54.2 Å². The first-order valence-electron chi connectivity index (χ1n) is 10.3. The standard InChI is InChI=1S/C25H22ClN3O3S/c1-3-17-12-27-15(2)28-24(17)18-4-6-19(7-5-18)29(13-16-8-9-33-14-16)25(32)20-10-21(26)23(31)11-22(20)30/h4-12,14,30-31H,3,13H2,1-2H3. The fourth-order valence-corrected chi connectivity index (χ4v) is 4.34. The van der Waals surface area contributed by atoms with Gasteiger partial charge in [0.05, 0.1) is 22.8 Å². The van der Waals surface area contributed by atoms with Crippen molar-refractivity contribution in [1.29, 1.82) is 0 Å². The van der Waals surface area contributed by atoms with Crippen LogP contribution in [0.4, 0.5) is 5.69 Å². The average molecular weight is 480 g/mol. The Kier molecular flexibility index (Phi) is 6.62. The minimum atomic E-state index is -0.430. The summed E-state index contributed by atoms with van der Waals surface area (Å²) in [6, 6.07) is 11.9. The number of phenols is 2. The molecular formula is C25H22ClN3O3S. The van der Waals surface area contributed by atoms with Crippen LogP contribution in [0.5, 0.6) is 11.5 Å². The first kappa shape index (κ1) is 22.8. The lowest BCUT2D eigenvalue weighted by Crippen LogP contribution is -2.30. The lowest BCUT2D eigenvalue weighted by molar-refractivity contribution is 0.0982. The zero-order chi connectivity index (χ0) is 23.5. The summed E-state index contributed by atoms with van der Waals surface area (Å²) in [4.78, 5) is 23.9.